The van der Waals surface area contributed by atoms with Gasteiger partial charge >= 0.3 is 0 Å². The number of imidazole rings is 1. The third-order valence-electron chi connectivity index (χ3n) is 3.94. The number of nitrogens with zero attached hydrogens (tertiary/aromatic N) is 2. The van der Waals surface area contributed by atoms with Crippen LogP contribution in [0.1, 0.15) is 37.9 Å². The first kappa shape index (κ1) is 16.0. The highest BCUT2D eigenvalue weighted by Gasteiger charge is 2.05. The van der Waals surface area contributed by atoms with Gasteiger partial charge in [-0.25, -0.2) is 4.98 Å². The van der Waals surface area contributed by atoms with E-state index in [2.05, 4.69) is 35.1 Å². The van der Waals surface area contributed by atoms with Gasteiger partial charge in [0.05, 0.1) is 11.0 Å². The Morgan fingerprint density at radius 2 is 1.81 bits per heavy atom. The van der Waals surface area contributed by atoms with Crippen molar-refractivity contribution in [2.45, 2.75) is 38.5 Å². The van der Waals surface area contributed by atoms with Gasteiger partial charge in [0.2, 0.25) is 0 Å². The number of aromatic nitrogens is 2. The molecular formula is C17H28N4. The molecule has 0 saturated heterocycles. The number of fused-ring (bicyclic) bond motifs is 1. The molecular weight excluding hydrogens is 260 g/mol. The molecule has 0 bridgehead atoms. The summed E-state index contributed by atoms with van der Waals surface area (Å²) in [6.07, 6.45) is 7.14. The van der Waals surface area contributed by atoms with Gasteiger partial charge in [0.1, 0.15) is 5.82 Å². The van der Waals surface area contributed by atoms with Crippen molar-refractivity contribution < 1.29 is 0 Å². The predicted molar refractivity (Wildman–Crippen MR) is 89.4 cm³/mol. The number of hydrogen-bond acceptors (Lipinski definition) is 3. The maximum atomic E-state index is 5.48. The molecule has 0 atom stereocenters. The van der Waals surface area contributed by atoms with Crippen LogP contribution in [0.15, 0.2) is 24.3 Å². The monoisotopic (exact) mass is 288 g/mol. The molecule has 1 aromatic heterocycles. The maximum Gasteiger partial charge on any atom is 0.109 e. The molecule has 0 spiro atoms. The number of nitrogens with one attached hydrogen (secondary N) is 1. The Bertz CT molecular complexity index is 533. The van der Waals surface area contributed by atoms with Gasteiger partial charge in [-0.1, -0.05) is 25.0 Å². The molecule has 1 aromatic carbocycles. The average molecular weight is 288 g/mol. The first-order valence-corrected chi connectivity index (χ1v) is 8.14. The highest BCUT2D eigenvalue weighted by molar-refractivity contribution is 5.75. The Labute approximate surface area is 127 Å². The van der Waals surface area contributed by atoms with Gasteiger partial charge < -0.3 is 15.6 Å². The highest BCUT2D eigenvalue weighted by atomic mass is 15.1. The number of aryl methyl sites for hydroxylation is 2. The van der Waals surface area contributed by atoms with E-state index in [0.29, 0.717) is 0 Å². The summed E-state index contributed by atoms with van der Waals surface area (Å²) in [6.45, 7) is 3.01. The lowest BCUT2D eigenvalue weighted by Gasteiger charge is -2.05. The van der Waals surface area contributed by atoms with E-state index in [1.54, 1.807) is 0 Å². The summed E-state index contributed by atoms with van der Waals surface area (Å²) in [6, 6.07) is 8.33. The molecule has 116 valence electrons. The van der Waals surface area contributed by atoms with Crippen LogP contribution in [0.25, 0.3) is 11.0 Å². The van der Waals surface area contributed by atoms with Crippen molar-refractivity contribution in [3.8, 4) is 0 Å². The minimum atomic E-state index is 0.825. The van der Waals surface area contributed by atoms with Gasteiger partial charge in [0.25, 0.3) is 0 Å². The Morgan fingerprint density at radius 3 is 2.62 bits per heavy atom. The third-order valence-corrected chi connectivity index (χ3v) is 3.94. The average Bonchev–Trinajstić information content (AvgIpc) is 2.83. The molecule has 2 rings (SSSR count). The van der Waals surface area contributed by atoms with Crippen LogP contribution in [-0.2, 0) is 13.5 Å². The standard InChI is InChI=1S/C17H28N4/c1-21-16-10-5-4-9-15(16)20-17(21)11-8-14-19-13-7-3-2-6-12-18/h4-5,9-10,19H,2-3,6-8,11-14,18H2,1H3. The topological polar surface area (TPSA) is 55.9 Å². The second kappa shape index (κ2) is 8.80. The summed E-state index contributed by atoms with van der Waals surface area (Å²) in [5.41, 5.74) is 7.80. The van der Waals surface area contributed by atoms with E-state index in [-0.39, 0.29) is 0 Å². The van der Waals surface area contributed by atoms with Crippen LogP contribution in [-0.4, -0.2) is 29.2 Å². The zero-order valence-corrected chi connectivity index (χ0v) is 13.1. The molecule has 0 fully saturated rings. The second-order valence-electron chi connectivity index (χ2n) is 5.63. The van der Waals surface area contributed by atoms with Gasteiger partial charge in [-0.05, 0) is 51.0 Å². The molecule has 0 aliphatic carbocycles. The minimum Gasteiger partial charge on any atom is -0.331 e. The number of para-hydroxylation sites is 2. The zero-order valence-electron chi connectivity index (χ0n) is 13.1. The van der Waals surface area contributed by atoms with Gasteiger partial charge in [0.15, 0.2) is 0 Å². The molecule has 0 unspecified atom stereocenters. The first-order chi connectivity index (χ1) is 10.3. The molecule has 0 aliphatic rings. The van der Waals surface area contributed by atoms with Crippen LogP contribution in [0.2, 0.25) is 0 Å². The maximum absolute atomic E-state index is 5.48. The summed E-state index contributed by atoms with van der Waals surface area (Å²) in [5, 5.41) is 3.52. The number of benzene rings is 1. The van der Waals surface area contributed by atoms with Crippen molar-refractivity contribution >= 4 is 11.0 Å². The van der Waals surface area contributed by atoms with Crippen LogP contribution < -0.4 is 11.1 Å². The van der Waals surface area contributed by atoms with Gasteiger partial charge in [-0.15, -0.1) is 0 Å². The fraction of sp³-hybridized carbons (Fsp3) is 0.588. The Morgan fingerprint density at radius 1 is 1.05 bits per heavy atom. The number of nitrogens with two attached hydrogens (primary N) is 1. The smallest absolute Gasteiger partial charge is 0.109 e. The molecule has 0 aliphatic heterocycles. The van der Waals surface area contributed by atoms with Crippen LogP contribution >= 0.6 is 0 Å². The molecule has 1 heterocycles. The molecule has 0 amide bonds. The second-order valence-corrected chi connectivity index (χ2v) is 5.63. The van der Waals surface area contributed by atoms with Crippen LogP contribution in [0.4, 0.5) is 0 Å². The molecule has 0 radical (unpaired) electrons. The van der Waals surface area contributed by atoms with E-state index in [9.17, 15) is 0 Å². The fourth-order valence-electron chi connectivity index (χ4n) is 2.66. The molecule has 0 saturated carbocycles. The summed E-state index contributed by atoms with van der Waals surface area (Å²) in [7, 11) is 2.11. The largest absolute Gasteiger partial charge is 0.331 e. The zero-order chi connectivity index (χ0) is 14.9. The Hall–Kier alpha value is -1.39. The van der Waals surface area contributed by atoms with E-state index in [1.165, 1.54) is 30.6 Å². The SMILES string of the molecule is Cn1c(CCCNCCCCCCN)nc2ccccc21. The van der Waals surface area contributed by atoms with Crippen molar-refractivity contribution in [1.29, 1.82) is 0 Å². The van der Waals surface area contributed by atoms with Crippen LogP contribution in [0.5, 0.6) is 0 Å². The molecule has 21 heavy (non-hydrogen) atoms. The van der Waals surface area contributed by atoms with Crippen molar-refractivity contribution in [3.05, 3.63) is 30.1 Å². The first-order valence-electron chi connectivity index (χ1n) is 8.14. The van der Waals surface area contributed by atoms with Gasteiger partial charge in [-0.2, -0.15) is 0 Å². The van der Waals surface area contributed by atoms with Crippen molar-refractivity contribution in [1.82, 2.24) is 14.9 Å². The van der Waals surface area contributed by atoms with Crippen molar-refractivity contribution in [3.63, 3.8) is 0 Å². The van der Waals surface area contributed by atoms with E-state index in [0.717, 1.165) is 44.4 Å². The molecule has 4 nitrogen and oxygen atoms in total. The highest BCUT2D eigenvalue weighted by Crippen LogP contribution is 2.14. The molecule has 3 N–H and O–H groups in total. The van der Waals surface area contributed by atoms with Crippen molar-refractivity contribution in [2.24, 2.45) is 12.8 Å². The Kier molecular flexibility index (Phi) is 6.70. The van der Waals surface area contributed by atoms with Crippen LogP contribution in [0.3, 0.4) is 0 Å². The number of hydrogen-bond donors (Lipinski definition) is 2. The van der Waals surface area contributed by atoms with Gasteiger partial charge in [0, 0.05) is 13.5 Å². The molecule has 4 heteroatoms. The summed E-state index contributed by atoms with van der Waals surface area (Å²) >= 11 is 0. The lowest BCUT2D eigenvalue weighted by molar-refractivity contribution is 0.574. The summed E-state index contributed by atoms with van der Waals surface area (Å²) < 4.78 is 2.21. The lowest BCUT2D eigenvalue weighted by atomic mass is 10.2. The van der Waals surface area contributed by atoms with E-state index in [1.807, 2.05) is 6.07 Å². The Balaban J connectivity index is 1.63. The lowest BCUT2D eigenvalue weighted by Crippen LogP contribution is -2.17. The quantitative estimate of drug-likeness (QED) is 0.661. The third kappa shape index (κ3) is 4.83. The van der Waals surface area contributed by atoms with E-state index in [4.69, 9.17) is 10.7 Å². The summed E-state index contributed by atoms with van der Waals surface area (Å²) in [4.78, 5) is 4.70. The van der Waals surface area contributed by atoms with Gasteiger partial charge in [-0.3, -0.25) is 0 Å². The van der Waals surface area contributed by atoms with E-state index < -0.39 is 0 Å². The number of rotatable bonds is 10. The number of unbranched alkanes of at least 4 members (excludes halogenated alkanes) is 3. The molecule has 2 aromatic rings. The minimum absolute atomic E-state index is 0.825. The predicted octanol–water partition coefficient (Wildman–Crippen LogP) is 2.61. The normalized spacial score (nSPS) is 11.3. The fourth-order valence-corrected chi connectivity index (χ4v) is 2.66. The summed E-state index contributed by atoms with van der Waals surface area (Å²) in [5.74, 6) is 1.18. The van der Waals surface area contributed by atoms with Crippen molar-refractivity contribution in [2.75, 3.05) is 19.6 Å². The van der Waals surface area contributed by atoms with Crippen LogP contribution in [0, 0.1) is 0 Å². The van der Waals surface area contributed by atoms with E-state index >= 15 is 0 Å².